The summed E-state index contributed by atoms with van der Waals surface area (Å²) in [5, 5.41) is 0. The van der Waals surface area contributed by atoms with E-state index in [1.165, 1.54) is 0 Å². The lowest BCUT2D eigenvalue weighted by Crippen LogP contribution is -2.45. The Morgan fingerprint density at radius 2 is 2.16 bits per heavy atom. The number of hydrogen-bond donors (Lipinski definition) is 0. The van der Waals surface area contributed by atoms with E-state index in [0.717, 1.165) is 39.0 Å². The quantitative estimate of drug-likeness (QED) is 0.729. The SMILES string of the molecule is CC(C)(C)OC(=O)[C@@H]1CCCN1CC1CCOCO1. The van der Waals surface area contributed by atoms with Crippen LogP contribution in [-0.4, -0.2) is 55.1 Å². The minimum absolute atomic E-state index is 0.0999. The molecule has 0 aliphatic carbocycles. The molecule has 5 heteroatoms. The molecule has 1 unspecified atom stereocenters. The third kappa shape index (κ3) is 4.44. The maximum atomic E-state index is 12.2. The Kier molecular flexibility index (Phi) is 4.81. The van der Waals surface area contributed by atoms with Crippen LogP contribution >= 0.6 is 0 Å². The Morgan fingerprint density at radius 1 is 1.37 bits per heavy atom. The van der Waals surface area contributed by atoms with E-state index >= 15 is 0 Å². The first-order chi connectivity index (χ1) is 8.96. The number of esters is 1. The smallest absolute Gasteiger partial charge is 0.323 e. The first kappa shape index (κ1) is 14.8. The van der Waals surface area contributed by atoms with Crippen molar-refractivity contribution < 1.29 is 19.0 Å². The van der Waals surface area contributed by atoms with Crippen molar-refractivity contribution in [2.75, 3.05) is 26.5 Å². The van der Waals surface area contributed by atoms with E-state index < -0.39 is 5.60 Å². The molecule has 0 N–H and O–H groups in total. The van der Waals surface area contributed by atoms with Crippen LogP contribution in [0, 0.1) is 0 Å². The van der Waals surface area contributed by atoms with Crippen molar-refractivity contribution in [2.24, 2.45) is 0 Å². The van der Waals surface area contributed by atoms with E-state index in [2.05, 4.69) is 4.90 Å². The van der Waals surface area contributed by atoms with Crippen LogP contribution in [0.15, 0.2) is 0 Å². The highest BCUT2D eigenvalue weighted by atomic mass is 16.7. The summed E-state index contributed by atoms with van der Waals surface area (Å²) in [6.07, 6.45) is 3.01. The van der Waals surface area contributed by atoms with Gasteiger partial charge >= 0.3 is 5.97 Å². The molecule has 2 rings (SSSR count). The van der Waals surface area contributed by atoms with Crippen LogP contribution in [0.5, 0.6) is 0 Å². The Bertz CT molecular complexity index is 307. The van der Waals surface area contributed by atoms with Gasteiger partial charge in [0, 0.05) is 6.54 Å². The fourth-order valence-corrected chi connectivity index (χ4v) is 2.59. The molecule has 5 nitrogen and oxygen atoms in total. The molecule has 2 heterocycles. The summed E-state index contributed by atoms with van der Waals surface area (Å²) in [5.41, 5.74) is -0.416. The van der Waals surface area contributed by atoms with Gasteiger partial charge in [-0.1, -0.05) is 0 Å². The first-order valence-electron chi connectivity index (χ1n) is 7.12. The van der Waals surface area contributed by atoms with E-state index in [0.29, 0.717) is 6.79 Å². The zero-order valence-corrected chi connectivity index (χ0v) is 12.2. The van der Waals surface area contributed by atoms with Gasteiger partial charge in [0.1, 0.15) is 18.4 Å². The Labute approximate surface area is 115 Å². The molecule has 0 aromatic rings. The number of rotatable bonds is 3. The van der Waals surface area contributed by atoms with E-state index in [9.17, 15) is 4.79 Å². The van der Waals surface area contributed by atoms with Gasteiger partial charge in [-0.25, -0.2) is 0 Å². The number of carbonyl (C=O) groups is 1. The van der Waals surface area contributed by atoms with Gasteiger partial charge in [0.25, 0.3) is 0 Å². The largest absolute Gasteiger partial charge is 0.459 e. The van der Waals surface area contributed by atoms with Crippen molar-refractivity contribution in [3.05, 3.63) is 0 Å². The van der Waals surface area contributed by atoms with Crippen molar-refractivity contribution in [2.45, 2.75) is 57.8 Å². The summed E-state index contributed by atoms with van der Waals surface area (Å²) in [4.78, 5) is 14.4. The maximum Gasteiger partial charge on any atom is 0.323 e. The molecular formula is C14H25NO4. The first-order valence-corrected chi connectivity index (χ1v) is 7.12. The predicted molar refractivity (Wildman–Crippen MR) is 70.7 cm³/mol. The molecule has 2 fully saturated rings. The number of carbonyl (C=O) groups excluding carboxylic acids is 1. The summed E-state index contributed by atoms with van der Waals surface area (Å²) in [6, 6.07) is -0.106. The average molecular weight is 271 g/mol. The van der Waals surface area contributed by atoms with Crippen LogP contribution in [0.1, 0.15) is 40.0 Å². The normalized spacial score (nSPS) is 29.4. The van der Waals surface area contributed by atoms with Gasteiger partial charge in [0.2, 0.25) is 0 Å². The van der Waals surface area contributed by atoms with Gasteiger partial charge in [-0.05, 0) is 46.6 Å². The molecule has 2 atom stereocenters. The Hall–Kier alpha value is -0.650. The van der Waals surface area contributed by atoms with Crippen LogP contribution < -0.4 is 0 Å². The summed E-state index contributed by atoms with van der Waals surface area (Å²) in [7, 11) is 0. The van der Waals surface area contributed by atoms with Crippen LogP contribution in [0.25, 0.3) is 0 Å². The summed E-state index contributed by atoms with van der Waals surface area (Å²) in [6.45, 7) is 8.59. The van der Waals surface area contributed by atoms with Crippen molar-refractivity contribution in [3.63, 3.8) is 0 Å². The highest BCUT2D eigenvalue weighted by Gasteiger charge is 2.35. The molecule has 2 aliphatic heterocycles. The van der Waals surface area contributed by atoms with Crippen molar-refractivity contribution in [1.29, 1.82) is 0 Å². The monoisotopic (exact) mass is 271 g/mol. The minimum atomic E-state index is -0.416. The summed E-state index contributed by atoms with van der Waals surface area (Å²) >= 11 is 0. The molecule has 0 bridgehead atoms. The molecule has 110 valence electrons. The molecule has 19 heavy (non-hydrogen) atoms. The zero-order chi connectivity index (χ0) is 13.9. The number of nitrogens with zero attached hydrogens (tertiary/aromatic N) is 1. The van der Waals surface area contributed by atoms with Crippen molar-refractivity contribution in [3.8, 4) is 0 Å². The highest BCUT2D eigenvalue weighted by molar-refractivity contribution is 5.76. The lowest BCUT2D eigenvalue weighted by molar-refractivity contribution is -0.164. The second kappa shape index (κ2) is 6.20. The van der Waals surface area contributed by atoms with Gasteiger partial charge in [-0.3, -0.25) is 9.69 Å². The molecule has 0 aromatic carbocycles. The summed E-state index contributed by atoms with van der Waals surface area (Å²) < 4.78 is 16.2. The van der Waals surface area contributed by atoms with Gasteiger partial charge in [-0.15, -0.1) is 0 Å². The topological polar surface area (TPSA) is 48.0 Å². The third-order valence-electron chi connectivity index (χ3n) is 3.45. The molecule has 2 saturated heterocycles. The molecule has 0 saturated carbocycles. The predicted octanol–water partition coefficient (Wildman–Crippen LogP) is 1.56. The van der Waals surface area contributed by atoms with Gasteiger partial charge in [0.05, 0.1) is 12.7 Å². The molecule has 2 aliphatic rings. The van der Waals surface area contributed by atoms with Gasteiger partial charge in [0.15, 0.2) is 0 Å². The maximum absolute atomic E-state index is 12.2. The molecule has 0 spiro atoms. The van der Waals surface area contributed by atoms with Crippen LogP contribution in [0.2, 0.25) is 0 Å². The van der Waals surface area contributed by atoms with Gasteiger partial charge in [-0.2, -0.15) is 0 Å². The van der Waals surface area contributed by atoms with E-state index in [1.807, 2.05) is 20.8 Å². The van der Waals surface area contributed by atoms with E-state index in [1.54, 1.807) is 0 Å². The highest BCUT2D eigenvalue weighted by Crippen LogP contribution is 2.22. The zero-order valence-electron chi connectivity index (χ0n) is 12.2. The van der Waals surface area contributed by atoms with Gasteiger partial charge < -0.3 is 14.2 Å². The average Bonchev–Trinajstić information content (AvgIpc) is 2.76. The third-order valence-corrected chi connectivity index (χ3v) is 3.45. The van der Waals surface area contributed by atoms with Crippen LogP contribution in [0.3, 0.4) is 0 Å². The van der Waals surface area contributed by atoms with Crippen molar-refractivity contribution >= 4 is 5.97 Å². The minimum Gasteiger partial charge on any atom is -0.459 e. The lowest BCUT2D eigenvalue weighted by atomic mass is 10.1. The standard InChI is InChI=1S/C14H25NO4/c1-14(2,3)19-13(16)12-5-4-7-15(12)9-11-6-8-17-10-18-11/h11-12H,4-10H2,1-3H3/t11?,12-/m0/s1. The van der Waals surface area contributed by atoms with E-state index in [4.69, 9.17) is 14.2 Å². The molecular weight excluding hydrogens is 246 g/mol. The number of likely N-dealkylation sites (tertiary alicyclic amines) is 1. The van der Waals surface area contributed by atoms with E-state index in [-0.39, 0.29) is 18.1 Å². The molecule has 0 aromatic heterocycles. The van der Waals surface area contributed by atoms with Crippen molar-refractivity contribution in [1.82, 2.24) is 4.90 Å². The molecule has 0 amide bonds. The lowest BCUT2D eigenvalue weighted by Gasteiger charge is -2.31. The second-order valence-electron chi connectivity index (χ2n) is 6.29. The Morgan fingerprint density at radius 3 is 2.79 bits per heavy atom. The molecule has 0 radical (unpaired) electrons. The second-order valence-corrected chi connectivity index (χ2v) is 6.29. The number of hydrogen-bond acceptors (Lipinski definition) is 5. The number of ether oxygens (including phenoxy) is 3. The fourth-order valence-electron chi connectivity index (χ4n) is 2.59. The fraction of sp³-hybridized carbons (Fsp3) is 0.929. The summed E-state index contributed by atoms with van der Waals surface area (Å²) in [5.74, 6) is -0.0999. The van der Waals surface area contributed by atoms with Crippen LogP contribution in [-0.2, 0) is 19.0 Å². The van der Waals surface area contributed by atoms with Crippen LogP contribution in [0.4, 0.5) is 0 Å². The Balaban J connectivity index is 1.87.